The summed E-state index contributed by atoms with van der Waals surface area (Å²) in [6.07, 6.45) is 0.341. The van der Waals surface area contributed by atoms with Crippen molar-refractivity contribution < 1.29 is 52.9 Å². The van der Waals surface area contributed by atoms with E-state index in [4.69, 9.17) is 38.5 Å². The maximum Gasteiger partial charge on any atom is 0.514 e. The maximum atomic E-state index is 12.3. The van der Waals surface area contributed by atoms with Crippen molar-refractivity contribution in [3.05, 3.63) is 23.3 Å². The molecule has 0 aromatic heterocycles. The lowest BCUT2D eigenvalue weighted by atomic mass is 10.0. The molecule has 232 valence electrons. The number of ether oxygens (including phenoxy) is 4. The smallest absolute Gasteiger partial charge is 0.422 e. The van der Waals surface area contributed by atoms with Crippen LogP contribution >= 0.6 is 0 Å². The number of rotatable bonds is 14. The molecule has 11 nitrogen and oxygen atoms in total. The first-order valence-electron chi connectivity index (χ1n) is 13.3. The molecule has 0 aliphatic heterocycles. The van der Waals surface area contributed by atoms with Crippen LogP contribution in [-0.2, 0) is 48.1 Å². The largest absolute Gasteiger partial charge is 0.514 e. The topological polar surface area (TPSA) is 125 Å². The van der Waals surface area contributed by atoms with E-state index in [1.54, 1.807) is 26.0 Å². The summed E-state index contributed by atoms with van der Waals surface area (Å²) in [4.78, 5) is 58.4. The molecule has 0 bridgehead atoms. The lowest BCUT2D eigenvalue weighted by molar-refractivity contribution is -0.396. The predicted octanol–water partition coefficient (Wildman–Crippen LogP) is 6.64. The summed E-state index contributed by atoms with van der Waals surface area (Å²) in [5, 5.41) is 0. The Morgan fingerprint density at radius 1 is 0.550 bits per heavy atom. The summed E-state index contributed by atoms with van der Waals surface area (Å²) in [7, 11) is 0. The molecule has 0 amide bonds. The van der Waals surface area contributed by atoms with Crippen molar-refractivity contribution in [1.82, 2.24) is 0 Å². The molecule has 0 radical (unpaired) electrons. The van der Waals surface area contributed by atoms with Crippen LogP contribution in [0.1, 0.15) is 110 Å². The number of hydrogen-bond donors (Lipinski definition) is 0. The van der Waals surface area contributed by atoms with Crippen molar-refractivity contribution in [3.63, 3.8) is 0 Å². The summed E-state index contributed by atoms with van der Waals surface area (Å²) >= 11 is 0. The van der Waals surface area contributed by atoms with E-state index < -0.39 is 53.1 Å². The van der Waals surface area contributed by atoms with Gasteiger partial charge in [0.25, 0.3) is 0 Å². The third-order valence-corrected chi connectivity index (χ3v) is 4.55. The highest BCUT2D eigenvalue weighted by atomic mass is 17.2. The third-order valence-electron chi connectivity index (χ3n) is 4.55. The second kappa shape index (κ2) is 15.5. The van der Waals surface area contributed by atoms with Crippen molar-refractivity contribution in [2.75, 3.05) is 0 Å². The lowest BCUT2D eigenvalue weighted by Gasteiger charge is -2.27. The number of hydrogen-bond acceptors (Lipinski definition) is 11. The molecule has 2 unspecified atom stereocenters. The zero-order chi connectivity index (χ0) is 31.5. The van der Waals surface area contributed by atoms with Crippen LogP contribution in [-0.4, -0.2) is 53.1 Å². The standard InChI is InChI=1S/C29H50O11/c1-19(15-17-28(11,12)39-37-26(5,6)7)23(30)33-21(3)35-25(32)36-22(4)34-24(31)20(2)16-18-29(13,14)40-38-27(8,9)10/h15-16,21-22H,17-18H2,1-14H3/b19-15+,20-16+. The summed E-state index contributed by atoms with van der Waals surface area (Å²) in [5.41, 5.74) is -1.75. The van der Waals surface area contributed by atoms with E-state index >= 15 is 0 Å². The molecule has 0 N–H and O–H groups in total. The Morgan fingerprint density at radius 2 is 0.850 bits per heavy atom. The molecule has 40 heavy (non-hydrogen) atoms. The van der Waals surface area contributed by atoms with Crippen LogP contribution in [0.2, 0.25) is 0 Å². The van der Waals surface area contributed by atoms with Crippen LogP contribution in [0.15, 0.2) is 23.3 Å². The molecular weight excluding hydrogens is 524 g/mol. The molecule has 0 heterocycles. The quantitative estimate of drug-likeness (QED) is 0.0728. The number of carbonyl (C=O) groups excluding carboxylic acids is 3. The first kappa shape index (κ1) is 37.5. The molecule has 0 aliphatic rings. The highest BCUT2D eigenvalue weighted by molar-refractivity contribution is 5.88. The van der Waals surface area contributed by atoms with Crippen LogP contribution in [0.5, 0.6) is 0 Å². The summed E-state index contributed by atoms with van der Waals surface area (Å²) in [5.74, 6) is -1.37. The summed E-state index contributed by atoms with van der Waals surface area (Å²) < 4.78 is 20.1. The van der Waals surface area contributed by atoms with Gasteiger partial charge in [-0.1, -0.05) is 12.2 Å². The first-order valence-corrected chi connectivity index (χ1v) is 13.3. The molecule has 0 saturated carbocycles. The van der Waals surface area contributed by atoms with Crippen LogP contribution in [0.4, 0.5) is 4.79 Å². The molecule has 0 rings (SSSR count). The molecule has 2 atom stereocenters. The van der Waals surface area contributed by atoms with Crippen LogP contribution < -0.4 is 0 Å². The van der Waals surface area contributed by atoms with E-state index in [9.17, 15) is 14.4 Å². The van der Waals surface area contributed by atoms with E-state index in [0.29, 0.717) is 24.0 Å². The van der Waals surface area contributed by atoms with Gasteiger partial charge in [-0.2, -0.15) is 0 Å². The maximum absolute atomic E-state index is 12.3. The van der Waals surface area contributed by atoms with E-state index in [2.05, 4.69) is 0 Å². The molecule has 0 spiro atoms. The second-order valence-corrected chi connectivity index (χ2v) is 12.7. The van der Waals surface area contributed by atoms with Crippen LogP contribution in [0, 0.1) is 0 Å². The zero-order valence-corrected chi connectivity index (χ0v) is 26.7. The van der Waals surface area contributed by atoms with Gasteiger partial charge >= 0.3 is 18.1 Å². The highest BCUT2D eigenvalue weighted by Gasteiger charge is 2.26. The van der Waals surface area contributed by atoms with Gasteiger partial charge < -0.3 is 18.9 Å². The highest BCUT2D eigenvalue weighted by Crippen LogP contribution is 2.22. The van der Waals surface area contributed by atoms with Gasteiger partial charge in [-0.15, -0.1) is 0 Å². The van der Waals surface area contributed by atoms with Crippen molar-refractivity contribution in [3.8, 4) is 0 Å². The fraction of sp³-hybridized carbons (Fsp3) is 0.759. The normalized spacial score (nSPS) is 15.2. The number of carbonyl (C=O) groups is 3. The molecule has 0 aliphatic carbocycles. The van der Waals surface area contributed by atoms with Crippen LogP contribution in [0.3, 0.4) is 0 Å². The first-order chi connectivity index (χ1) is 17.9. The Hall–Kier alpha value is -2.47. The minimum atomic E-state index is -1.25. The fourth-order valence-corrected chi connectivity index (χ4v) is 2.34. The van der Waals surface area contributed by atoms with E-state index in [0.717, 1.165) is 0 Å². The minimum absolute atomic E-state index is 0.291. The Kier molecular flexibility index (Phi) is 14.6. The Labute approximate surface area is 239 Å². The van der Waals surface area contributed by atoms with Gasteiger partial charge in [0.2, 0.25) is 12.6 Å². The van der Waals surface area contributed by atoms with Gasteiger partial charge in [0, 0.05) is 25.0 Å². The van der Waals surface area contributed by atoms with Crippen LogP contribution in [0.25, 0.3) is 0 Å². The Bertz CT molecular complexity index is 830. The minimum Gasteiger partial charge on any atom is -0.422 e. The monoisotopic (exact) mass is 574 g/mol. The molecular formula is C29H50O11. The third kappa shape index (κ3) is 18.8. The second-order valence-electron chi connectivity index (χ2n) is 12.7. The number of esters is 2. The van der Waals surface area contributed by atoms with E-state index in [1.165, 1.54) is 13.8 Å². The predicted molar refractivity (Wildman–Crippen MR) is 147 cm³/mol. The average molecular weight is 575 g/mol. The van der Waals surface area contributed by atoms with Crippen molar-refractivity contribution in [2.24, 2.45) is 0 Å². The molecule has 0 saturated heterocycles. The molecule has 0 fully saturated rings. The van der Waals surface area contributed by atoms with Gasteiger partial charge in [0.1, 0.15) is 11.2 Å². The van der Waals surface area contributed by atoms with Crippen molar-refractivity contribution in [2.45, 2.75) is 145 Å². The van der Waals surface area contributed by atoms with Gasteiger partial charge in [-0.05, 0) is 95.9 Å². The van der Waals surface area contributed by atoms with Gasteiger partial charge in [-0.3, -0.25) is 0 Å². The van der Waals surface area contributed by atoms with E-state index in [1.807, 2.05) is 69.2 Å². The molecule has 11 heteroatoms. The summed E-state index contributed by atoms with van der Waals surface area (Å²) in [6.45, 7) is 24.3. The van der Waals surface area contributed by atoms with Gasteiger partial charge in [0.15, 0.2) is 0 Å². The summed E-state index contributed by atoms with van der Waals surface area (Å²) in [6, 6.07) is 0. The SMILES string of the molecule is C/C(=C\CC(C)(C)OOC(C)(C)C)C(=O)OC(C)OC(=O)OC(C)OC(=O)/C(C)=C/CC(C)(C)OOC(C)(C)C. The van der Waals surface area contributed by atoms with Gasteiger partial charge in [-0.25, -0.2) is 33.9 Å². The van der Waals surface area contributed by atoms with E-state index in [-0.39, 0.29) is 0 Å². The Morgan fingerprint density at radius 3 is 1.12 bits per heavy atom. The van der Waals surface area contributed by atoms with Crippen molar-refractivity contribution in [1.29, 1.82) is 0 Å². The fourth-order valence-electron chi connectivity index (χ4n) is 2.34. The average Bonchev–Trinajstić information content (AvgIpc) is 2.77. The zero-order valence-electron chi connectivity index (χ0n) is 26.7. The molecule has 0 aromatic rings. The Balaban J connectivity index is 4.68. The molecule has 0 aromatic carbocycles. The van der Waals surface area contributed by atoms with Crippen molar-refractivity contribution >= 4 is 18.1 Å². The van der Waals surface area contributed by atoms with Gasteiger partial charge in [0.05, 0.1) is 11.2 Å². The lowest BCUT2D eigenvalue weighted by Crippen LogP contribution is -2.30.